The van der Waals surface area contributed by atoms with Crippen LogP contribution in [0.4, 0.5) is 0 Å². The maximum atomic E-state index is 11.6. The van der Waals surface area contributed by atoms with E-state index in [0.29, 0.717) is 0 Å². The van der Waals surface area contributed by atoms with E-state index in [2.05, 4.69) is 26.1 Å². The summed E-state index contributed by atoms with van der Waals surface area (Å²) in [5.41, 5.74) is 0. The van der Waals surface area contributed by atoms with E-state index in [1.54, 1.807) is 0 Å². The van der Waals surface area contributed by atoms with Crippen molar-refractivity contribution in [3.8, 4) is 0 Å². The van der Waals surface area contributed by atoms with Crippen molar-refractivity contribution in [1.29, 1.82) is 0 Å². The van der Waals surface area contributed by atoms with Crippen molar-refractivity contribution < 1.29 is 111 Å². The molecule has 0 aromatic heterocycles. The summed E-state index contributed by atoms with van der Waals surface area (Å²) < 4.78 is 189. The van der Waals surface area contributed by atoms with Crippen LogP contribution in [0.3, 0.4) is 0 Å². The first-order chi connectivity index (χ1) is 20.6. The van der Waals surface area contributed by atoms with Crippen LogP contribution in [0, 0.1) is 0 Å². The molecule has 2 heterocycles. The smallest absolute Gasteiger partial charge is 0.218 e. The van der Waals surface area contributed by atoms with Crippen LogP contribution in [-0.4, -0.2) is 141 Å². The number of hydrogen-bond acceptors (Lipinski definition) is 26. The van der Waals surface area contributed by atoms with Gasteiger partial charge < -0.3 is 47.2 Å². The summed E-state index contributed by atoms with van der Waals surface area (Å²) in [7, 11) is -20.4. The third kappa shape index (κ3) is 13.5. The van der Waals surface area contributed by atoms with Gasteiger partial charge >= 0.3 is 0 Å². The minimum absolute atomic E-state index is 0.256. The van der Waals surface area contributed by atoms with Crippen LogP contribution in [0.5, 0.6) is 0 Å². The Hall–Kier alpha value is -0.530. The lowest BCUT2D eigenvalue weighted by Gasteiger charge is -2.49. The Morgan fingerprint density at radius 1 is 0.644 bits per heavy atom. The molecule has 2 aliphatic heterocycles. The fourth-order valence-electron chi connectivity index (χ4n) is 4.21. The van der Waals surface area contributed by atoms with Crippen molar-refractivity contribution in [2.24, 2.45) is 0 Å². The Labute approximate surface area is 260 Å². The van der Waals surface area contributed by atoms with Gasteiger partial charge in [0.15, 0.2) is 24.7 Å². The molecule has 2 rings (SSSR count). The zero-order chi connectivity index (χ0) is 34.4. The molecule has 0 bridgehead atoms. The third-order valence-corrected chi connectivity index (χ3v) is 7.89. The zero-order valence-corrected chi connectivity index (χ0v) is 26.5. The van der Waals surface area contributed by atoms with Gasteiger partial charge in [-0.15, -0.1) is 4.33 Å². The SMILES string of the molecule is CO[C@@H]1C(OS(=O)(=O)[O-])[C@H](O[C@@H]2C(COS(=O)(=O)[O-])O[C@@H](C)C(OS(=O)(=O)[O-])[C@H]2OC)OC(COS(=O)(=O)[O-])[C@H]1OSOO[O-]. The van der Waals surface area contributed by atoms with Gasteiger partial charge in [0, 0.05) is 14.2 Å². The summed E-state index contributed by atoms with van der Waals surface area (Å²) in [6, 6.07) is 0. The van der Waals surface area contributed by atoms with Crippen molar-refractivity contribution >= 4 is 53.9 Å². The van der Waals surface area contributed by atoms with E-state index in [1.165, 1.54) is 0 Å². The van der Waals surface area contributed by atoms with Gasteiger partial charge in [-0.25, -0.2) is 33.7 Å². The van der Waals surface area contributed by atoms with Crippen LogP contribution in [-0.2, 0) is 95.6 Å². The van der Waals surface area contributed by atoms with E-state index in [4.69, 9.17) is 27.9 Å². The first kappa shape index (κ1) is 40.6. The quantitative estimate of drug-likeness (QED) is 0.0314. The van der Waals surface area contributed by atoms with Crippen molar-refractivity contribution in [1.82, 2.24) is 0 Å². The van der Waals surface area contributed by atoms with E-state index in [1.807, 2.05) is 0 Å². The molecule has 0 aliphatic carbocycles. The van der Waals surface area contributed by atoms with E-state index in [0.717, 1.165) is 21.1 Å². The second kappa shape index (κ2) is 16.7. The molecule has 268 valence electrons. The first-order valence-corrected chi connectivity index (χ1v) is 17.4. The summed E-state index contributed by atoms with van der Waals surface area (Å²) in [6.45, 7) is -1.34. The highest BCUT2D eigenvalue weighted by atomic mass is 32.3. The Balaban J connectivity index is 2.62. The molecule has 0 aromatic rings. The largest absolute Gasteiger partial charge is 0.726 e. The van der Waals surface area contributed by atoms with Crippen LogP contribution >= 0.6 is 12.3 Å². The monoisotopic (exact) mass is 763 g/mol. The minimum Gasteiger partial charge on any atom is -0.726 e. The van der Waals surface area contributed by atoms with Gasteiger partial charge in [0.2, 0.25) is 41.6 Å². The van der Waals surface area contributed by atoms with Crippen molar-refractivity contribution in [3.63, 3.8) is 0 Å². The van der Waals surface area contributed by atoms with Gasteiger partial charge in [-0.05, 0) is 6.92 Å². The Morgan fingerprint density at radius 2 is 1.11 bits per heavy atom. The maximum Gasteiger partial charge on any atom is 0.218 e. The average Bonchev–Trinajstić information content (AvgIpc) is 2.87. The molecular formula is C15H23O25S5-5. The Morgan fingerprint density at radius 3 is 1.56 bits per heavy atom. The van der Waals surface area contributed by atoms with Crippen LogP contribution in [0.25, 0.3) is 0 Å². The van der Waals surface area contributed by atoms with Crippen LogP contribution in [0.2, 0.25) is 0 Å². The molecule has 2 fully saturated rings. The molecule has 0 radical (unpaired) electrons. The van der Waals surface area contributed by atoms with Crippen molar-refractivity contribution in [3.05, 3.63) is 0 Å². The van der Waals surface area contributed by atoms with Gasteiger partial charge in [-0.3, -0.25) is 26.0 Å². The van der Waals surface area contributed by atoms with Gasteiger partial charge in [0.1, 0.15) is 42.7 Å². The topological polar surface area (TPSA) is 363 Å². The fraction of sp³-hybridized carbons (Fsp3) is 1.00. The van der Waals surface area contributed by atoms with Crippen LogP contribution < -0.4 is 5.26 Å². The van der Waals surface area contributed by atoms with Gasteiger partial charge in [-0.1, -0.05) is 0 Å². The molecule has 25 nitrogen and oxygen atoms in total. The third-order valence-electron chi connectivity index (χ3n) is 5.71. The van der Waals surface area contributed by atoms with Crippen LogP contribution in [0.15, 0.2) is 0 Å². The number of rotatable bonds is 18. The molecular weight excluding hydrogens is 740 g/mol. The van der Waals surface area contributed by atoms with Gasteiger partial charge in [0.05, 0.1) is 19.3 Å². The van der Waals surface area contributed by atoms with E-state index in [9.17, 15) is 57.1 Å². The lowest BCUT2D eigenvalue weighted by Crippen LogP contribution is -2.66. The number of methoxy groups -OCH3 is 2. The highest BCUT2D eigenvalue weighted by molar-refractivity contribution is 7.89. The normalized spacial score (nSPS) is 33.7. The fourth-order valence-corrected chi connectivity index (χ4v) is 6.20. The summed E-state index contributed by atoms with van der Waals surface area (Å²) in [5.74, 6) is 0. The van der Waals surface area contributed by atoms with Crippen molar-refractivity contribution in [2.45, 2.75) is 68.1 Å². The van der Waals surface area contributed by atoms with E-state index >= 15 is 0 Å². The minimum atomic E-state index is -5.74. The molecule has 2 saturated heterocycles. The molecule has 2 aliphatic rings. The lowest BCUT2D eigenvalue weighted by molar-refractivity contribution is -0.777. The number of ether oxygens (including phenoxy) is 5. The summed E-state index contributed by atoms with van der Waals surface area (Å²) >= 11 is -0.256. The Bertz CT molecular complexity index is 1370. The van der Waals surface area contributed by atoms with Crippen molar-refractivity contribution in [2.75, 3.05) is 27.4 Å². The molecule has 0 saturated carbocycles. The average molecular weight is 764 g/mol. The lowest BCUT2D eigenvalue weighted by atomic mass is 9.94. The van der Waals surface area contributed by atoms with Crippen LogP contribution in [0.1, 0.15) is 6.92 Å². The van der Waals surface area contributed by atoms with Gasteiger partial charge in [0.25, 0.3) is 0 Å². The zero-order valence-electron chi connectivity index (χ0n) is 22.4. The van der Waals surface area contributed by atoms with Gasteiger partial charge in [-0.2, -0.15) is 0 Å². The number of hydrogen-bond donors (Lipinski definition) is 0. The second-order valence-corrected chi connectivity index (χ2v) is 13.1. The molecule has 30 heteroatoms. The second-order valence-electron chi connectivity index (χ2n) is 8.51. The van der Waals surface area contributed by atoms with E-state index < -0.39 is 116 Å². The Kier molecular flexibility index (Phi) is 15.1. The summed E-state index contributed by atoms with van der Waals surface area (Å²) in [5, 5.41) is 13.2. The molecule has 0 amide bonds. The summed E-state index contributed by atoms with van der Waals surface area (Å²) in [4.78, 5) is 0. The molecule has 0 spiro atoms. The van der Waals surface area contributed by atoms with E-state index in [-0.39, 0.29) is 12.3 Å². The molecule has 4 unspecified atom stereocenters. The maximum absolute atomic E-state index is 11.6. The predicted octanol–water partition coefficient (Wildman–Crippen LogP) is -5.27. The highest BCUT2D eigenvalue weighted by Gasteiger charge is 2.54. The molecule has 0 aromatic carbocycles. The molecule has 10 atom stereocenters. The molecule has 0 N–H and O–H groups in total. The first-order valence-electron chi connectivity index (χ1n) is 11.4. The molecule has 45 heavy (non-hydrogen) atoms. The summed E-state index contributed by atoms with van der Waals surface area (Å²) in [6.07, 6.45) is -19.3. The predicted molar refractivity (Wildman–Crippen MR) is 125 cm³/mol. The standard InChI is InChI=1S/C15H28O25S5/c1-6-9(37-44(23,24)25)12(29-2)10(7(33-6)4-31-42(17,18)19)35-15-14(38-45(26,27)28)13(30-3)11(36-41-40-39-16)8(34-15)5-32-43(20,21)22/h6-16H,4-5H2,1-3H3,(H,17,18,19)(H,20,21,22)(H,23,24,25)(H,26,27,28)/p-5/t6-,7?,8?,9?,10+,11+,12+,13-,14?,15-/m0/s1. The highest BCUT2D eigenvalue weighted by Crippen LogP contribution is 2.36.